The summed E-state index contributed by atoms with van der Waals surface area (Å²) in [6.45, 7) is 5.20. The molecule has 1 unspecified atom stereocenters. The molecule has 6 heteroatoms. The van der Waals surface area contributed by atoms with Crippen LogP contribution in [0.25, 0.3) is 0 Å². The van der Waals surface area contributed by atoms with Crippen LogP contribution >= 0.6 is 12.4 Å². The number of hydrogen-bond acceptors (Lipinski definition) is 3. The van der Waals surface area contributed by atoms with Gasteiger partial charge in [-0.2, -0.15) is 0 Å². The predicted octanol–water partition coefficient (Wildman–Crippen LogP) is 0.228. The fraction of sp³-hybridized carbons (Fsp3) is 0.833. The number of amides is 2. The van der Waals surface area contributed by atoms with Crippen LogP contribution in [0.4, 0.5) is 0 Å². The van der Waals surface area contributed by atoms with E-state index in [0.717, 1.165) is 32.5 Å². The van der Waals surface area contributed by atoms with Crippen LogP contribution in [0.1, 0.15) is 26.2 Å². The minimum atomic E-state index is 0. The number of carbonyl (C=O) groups is 2. The highest BCUT2D eigenvalue weighted by Gasteiger charge is 2.35. The zero-order valence-corrected chi connectivity index (χ0v) is 11.7. The molecule has 0 aromatic carbocycles. The van der Waals surface area contributed by atoms with E-state index in [1.54, 1.807) is 4.90 Å². The fourth-order valence-electron chi connectivity index (χ4n) is 2.54. The summed E-state index contributed by atoms with van der Waals surface area (Å²) >= 11 is 0. The third-order valence-corrected chi connectivity index (χ3v) is 3.90. The van der Waals surface area contributed by atoms with Gasteiger partial charge in [0.2, 0.25) is 11.8 Å². The Bertz CT molecular complexity index is 337. The first-order valence-electron chi connectivity index (χ1n) is 6.30. The number of rotatable bonds is 3. The second-order valence-corrected chi connectivity index (χ2v) is 5.50. The molecule has 2 heterocycles. The normalized spacial score (nSPS) is 27.6. The molecule has 2 saturated heterocycles. The first-order chi connectivity index (χ1) is 8.04. The molecule has 0 aromatic rings. The van der Waals surface area contributed by atoms with Crippen LogP contribution in [0, 0.1) is 5.41 Å². The molecule has 0 radical (unpaired) electrons. The molecule has 2 aliphatic rings. The van der Waals surface area contributed by atoms with Gasteiger partial charge in [-0.25, -0.2) is 0 Å². The summed E-state index contributed by atoms with van der Waals surface area (Å²) in [5.41, 5.74) is 5.77. The van der Waals surface area contributed by atoms with Gasteiger partial charge < -0.3 is 15.5 Å². The summed E-state index contributed by atoms with van der Waals surface area (Å²) in [4.78, 5) is 27.0. The average molecular weight is 276 g/mol. The Morgan fingerprint density at radius 1 is 1.44 bits per heavy atom. The first-order valence-corrected chi connectivity index (χ1v) is 6.30. The van der Waals surface area contributed by atoms with Crippen LogP contribution in [-0.4, -0.2) is 54.3 Å². The highest BCUT2D eigenvalue weighted by Crippen LogP contribution is 2.28. The Kier molecular flexibility index (Phi) is 4.99. The van der Waals surface area contributed by atoms with Crippen LogP contribution in [0.5, 0.6) is 0 Å². The Balaban J connectivity index is 0.00000162. The molecule has 0 saturated carbocycles. The molecule has 2 aliphatic heterocycles. The second-order valence-electron chi connectivity index (χ2n) is 5.50. The molecular weight excluding hydrogens is 254 g/mol. The van der Waals surface area contributed by atoms with Crippen molar-refractivity contribution >= 4 is 24.2 Å². The lowest BCUT2D eigenvalue weighted by atomic mass is 9.90. The van der Waals surface area contributed by atoms with Crippen molar-refractivity contribution in [1.29, 1.82) is 0 Å². The summed E-state index contributed by atoms with van der Waals surface area (Å²) in [7, 11) is 0. The molecule has 0 aromatic heterocycles. The third-order valence-electron chi connectivity index (χ3n) is 3.90. The van der Waals surface area contributed by atoms with Gasteiger partial charge in [0.25, 0.3) is 0 Å². The van der Waals surface area contributed by atoms with E-state index >= 15 is 0 Å². The number of likely N-dealkylation sites (tertiary alicyclic amines) is 2. The van der Waals surface area contributed by atoms with Crippen LogP contribution in [0.2, 0.25) is 0 Å². The first kappa shape index (κ1) is 15.2. The molecule has 0 bridgehead atoms. The monoisotopic (exact) mass is 275 g/mol. The SMILES string of the molecule is CC1(CN)CCN(C(=O)CN2CCCC2=O)C1.Cl. The molecule has 104 valence electrons. The van der Waals surface area contributed by atoms with Gasteiger partial charge in [0.1, 0.15) is 0 Å². The Morgan fingerprint density at radius 2 is 2.17 bits per heavy atom. The minimum Gasteiger partial charge on any atom is -0.341 e. The van der Waals surface area contributed by atoms with E-state index in [-0.39, 0.29) is 36.2 Å². The van der Waals surface area contributed by atoms with Gasteiger partial charge >= 0.3 is 0 Å². The molecule has 1 atom stereocenters. The number of halogens is 1. The smallest absolute Gasteiger partial charge is 0.242 e. The summed E-state index contributed by atoms with van der Waals surface area (Å²) in [6.07, 6.45) is 2.43. The molecule has 0 aliphatic carbocycles. The maximum atomic E-state index is 12.0. The van der Waals surface area contributed by atoms with Crippen LogP contribution in [0.3, 0.4) is 0 Å². The Morgan fingerprint density at radius 3 is 2.67 bits per heavy atom. The van der Waals surface area contributed by atoms with Crippen molar-refractivity contribution in [2.24, 2.45) is 11.1 Å². The van der Waals surface area contributed by atoms with Crippen LogP contribution in [0.15, 0.2) is 0 Å². The van der Waals surface area contributed by atoms with Gasteiger partial charge in [-0.1, -0.05) is 6.92 Å². The van der Waals surface area contributed by atoms with Crippen molar-refractivity contribution in [1.82, 2.24) is 9.80 Å². The summed E-state index contributed by atoms with van der Waals surface area (Å²) < 4.78 is 0. The molecule has 0 spiro atoms. The lowest BCUT2D eigenvalue weighted by Gasteiger charge is -2.24. The van der Waals surface area contributed by atoms with Crippen molar-refractivity contribution in [3.8, 4) is 0 Å². The average Bonchev–Trinajstić information content (AvgIpc) is 2.87. The molecule has 2 amide bonds. The number of hydrogen-bond donors (Lipinski definition) is 1. The summed E-state index contributed by atoms with van der Waals surface area (Å²) in [5, 5.41) is 0. The van der Waals surface area contributed by atoms with Gasteiger partial charge in [-0.3, -0.25) is 9.59 Å². The number of carbonyl (C=O) groups excluding carboxylic acids is 2. The largest absolute Gasteiger partial charge is 0.341 e. The lowest BCUT2D eigenvalue weighted by Crippen LogP contribution is -2.41. The van der Waals surface area contributed by atoms with E-state index in [9.17, 15) is 9.59 Å². The van der Waals surface area contributed by atoms with E-state index in [2.05, 4.69) is 6.92 Å². The van der Waals surface area contributed by atoms with Crippen LogP contribution < -0.4 is 5.73 Å². The van der Waals surface area contributed by atoms with Gasteiger partial charge in [-0.05, 0) is 24.8 Å². The highest BCUT2D eigenvalue weighted by molar-refractivity contribution is 5.86. The van der Waals surface area contributed by atoms with E-state index in [1.807, 2.05) is 4.90 Å². The highest BCUT2D eigenvalue weighted by atomic mass is 35.5. The molecule has 5 nitrogen and oxygen atoms in total. The fourth-order valence-corrected chi connectivity index (χ4v) is 2.54. The topological polar surface area (TPSA) is 66.6 Å². The summed E-state index contributed by atoms with van der Waals surface area (Å²) in [6, 6.07) is 0. The number of nitrogens with two attached hydrogens (primary N) is 1. The van der Waals surface area contributed by atoms with E-state index < -0.39 is 0 Å². The minimum absolute atomic E-state index is 0. The summed E-state index contributed by atoms with van der Waals surface area (Å²) in [5.74, 6) is 0.177. The van der Waals surface area contributed by atoms with E-state index in [4.69, 9.17) is 5.73 Å². The van der Waals surface area contributed by atoms with Gasteiger partial charge in [0.15, 0.2) is 0 Å². The quantitative estimate of drug-likeness (QED) is 0.802. The van der Waals surface area contributed by atoms with Crippen molar-refractivity contribution < 1.29 is 9.59 Å². The van der Waals surface area contributed by atoms with Gasteiger partial charge in [0, 0.05) is 26.1 Å². The third kappa shape index (κ3) is 3.14. The van der Waals surface area contributed by atoms with E-state index in [0.29, 0.717) is 13.0 Å². The Labute approximate surface area is 114 Å². The lowest BCUT2D eigenvalue weighted by molar-refractivity contribution is -0.137. The predicted molar refractivity (Wildman–Crippen MR) is 71.4 cm³/mol. The van der Waals surface area contributed by atoms with Crippen molar-refractivity contribution in [3.05, 3.63) is 0 Å². The van der Waals surface area contributed by atoms with Gasteiger partial charge in [-0.15, -0.1) is 12.4 Å². The molecule has 18 heavy (non-hydrogen) atoms. The van der Waals surface area contributed by atoms with E-state index in [1.165, 1.54) is 0 Å². The van der Waals surface area contributed by atoms with Crippen molar-refractivity contribution in [3.63, 3.8) is 0 Å². The molecular formula is C12H22ClN3O2. The molecule has 2 fully saturated rings. The van der Waals surface area contributed by atoms with Gasteiger partial charge in [0.05, 0.1) is 6.54 Å². The molecule has 2 N–H and O–H groups in total. The number of nitrogens with zero attached hydrogens (tertiary/aromatic N) is 2. The van der Waals surface area contributed by atoms with Crippen molar-refractivity contribution in [2.75, 3.05) is 32.7 Å². The zero-order chi connectivity index (χ0) is 12.5. The zero-order valence-electron chi connectivity index (χ0n) is 10.9. The second kappa shape index (κ2) is 5.89. The van der Waals surface area contributed by atoms with Crippen molar-refractivity contribution in [2.45, 2.75) is 26.2 Å². The maximum Gasteiger partial charge on any atom is 0.242 e. The molecule has 2 rings (SSSR count). The maximum absolute atomic E-state index is 12.0. The Hall–Kier alpha value is -0.810. The standard InChI is InChI=1S/C12H21N3O2.ClH/c1-12(8-13)4-6-15(9-12)11(17)7-14-5-2-3-10(14)16;/h2-9,13H2,1H3;1H. The van der Waals surface area contributed by atoms with Crippen LogP contribution in [-0.2, 0) is 9.59 Å².